The lowest BCUT2D eigenvalue weighted by Gasteiger charge is -2.32. The molecule has 3 aromatic rings. The Bertz CT molecular complexity index is 1100. The first-order valence-electron chi connectivity index (χ1n) is 9.73. The number of carbonyl (C=O) groups excluding carboxylic acids is 1. The van der Waals surface area contributed by atoms with E-state index in [1.54, 1.807) is 10.4 Å². The molecule has 1 aliphatic rings. The minimum Gasteiger partial charge on any atom is -0.455 e. The van der Waals surface area contributed by atoms with Crippen molar-refractivity contribution in [3.63, 3.8) is 0 Å². The molecule has 1 aliphatic heterocycles. The second kappa shape index (κ2) is 8.71. The molecule has 1 saturated heterocycles. The average Bonchev–Trinajstić information content (AvgIpc) is 3.44. The van der Waals surface area contributed by atoms with E-state index in [9.17, 15) is 13.2 Å². The van der Waals surface area contributed by atoms with Crippen LogP contribution in [0, 0.1) is 0 Å². The van der Waals surface area contributed by atoms with Crippen LogP contribution in [0.25, 0.3) is 10.6 Å². The molecule has 0 spiro atoms. The largest absolute Gasteiger partial charge is 0.455 e. The van der Waals surface area contributed by atoms with E-state index in [1.807, 2.05) is 24.4 Å². The maximum atomic E-state index is 12.9. The molecule has 0 unspecified atom stereocenters. The first-order chi connectivity index (χ1) is 14.4. The fourth-order valence-corrected chi connectivity index (χ4v) is 5.84. The maximum Gasteiger partial charge on any atom is 0.338 e. The zero-order valence-corrected chi connectivity index (χ0v) is 18.1. The monoisotopic (exact) mass is 446 g/mol. The standard InChI is InChI=1S/C21H22N2O5S2/c1-15-5-2-3-11-23(15)30(25,26)18-9-7-16(8-10-18)21(24)27-14-17-13-19(28-22-17)20-6-4-12-29-20/h4,6-10,12-13,15H,2-3,5,11,14H2,1H3/t15-/m1/s1. The van der Waals surface area contributed by atoms with Gasteiger partial charge in [0.1, 0.15) is 12.3 Å². The number of esters is 1. The molecule has 0 saturated carbocycles. The van der Waals surface area contributed by atoms with Crippen LogP contribution < -0.4 is 0 Å². The fourth-order valence-electron chi connectivity index (χ4n) is 3.46. The highest BCUT2D eigenvalue weighted by atomic mass is 32.2. The molecule has 1 fully saturated rings. The van der Waals surface area contributed by atoms with E-state index >= 15 is 0 Å². The summed E-state index contributed by atoms with van der Waals surface area (Å²) >= 11 is 1.53. The van der Waals surface area contributed by atoms with E-state index in [4.69, 9.17) is 9.26 Å². The summed E-state index contributed by atoms with van der Waals surface area (Å²) in [6.07, 6.45) is 2.77. The summed E-state index contributed by atoms with van der Waals surface area (Å²) in [5, 5.41) is 5.85. The Balaban J connectivity index is 1.39. The van der Waals surface area contributed by atoms with Gasteiger partial charge in [-0.25, -0.2) is 13.2 Å². The van der Waals surface area contributed by atoms with Crippen molar-refractivity contribution < 1.29 is 22.5 Å². The zero-order chi connectivity index (χ0) is 21.1. The van der Waals surface area contributed by atoms with Crippen LogP contribution in [0.1, 0.15) is 42.2 Å². The molecule has 4 rings (SSSR count). The van der Waals surface area contributed by atoms with Gasteiger partial charge in [0.15, 0.2) is 5.76 Å². The van der Waals surface area contributed by atoms with Crippen LogP contribution >= 0.6 is 11.3 Å². The third-order valence-corrected chi connectivity index (χ3v) is 8.02. The van der Waals surface area contributed by atoms with Crippen molar-refractivity contribution in [2.24, 2.45) is 0 Å². The minimum absolute atomic E-state index is 0.0186. The SMILES string of the molecule is C[C@@H]1CCCCN1S(=O)(=O)c1ccc(C(=O)OCc2cc(-c3cccs3)on2)cc1. The summed E-state index contributed by atoms with van der Waals surface area (Å²) in [5.74, 6) is 0.0727. The zero-order valence-electron chi connectivity index (χ0n) is 16.5. The van der Waals surface area contributed by atoms with Crippen molar-refractivity contribution in [3.8, 4) is 10.6 Å². The number of carbonyl (C=O) groups is 1. The Labute approximate surface area is 179 Å². The van der Waals surface area contributed by atoms with Gasteiger partial charge in [-0.05, 0) is 55.5 Å². The maximum absolute atomic E-state index is 12.9. The quantitative estimate of drug-likeness (QED) is 0.524. The Morgan fingerprint density at radius 3 is 2.77 bits per heavy atom. The Hall–Kier alpha value is -2.49. The van der Waals surface area contributed by atoms with Gasteiger partial charge in [-0.3, -0.25) is 0 Å². The highest BCUT2D eigenvalue weighted by Crippen LogP contribution is 2.26. The van der Waals surface area contributed by atoms with Crippen molar-refractivity contribution >= 4 is 27.3 Å². The summed E-state index contributed by atoms with van der Waals surface area (Å²) in [5.41, 5.74) is 0.785. The topological polar surface area (TPSA) is 89.7 Å². The lowest BCUT2D eigenvalue weighted by atomic mass is 10.1. The fraction of sp³-hybridized carbons (Fsp3) is 0.333. The number of rotatable bonds is 6. The molecule has 7 nitrogen and oxygen atoms in total. The van der Waals surface area contributed by atoms with Gasteiger partial charge in [-0.1, -0.05) is 17.6 Å². The lowest BCUT2D eigenvalue weighted by Crippen LogP contribution is -2.41. The van der Waals surface area contributed by atoms with Crippen molar-refractivity contribution in [1.82, 2.24) is 9.46 Å². The second-order valence-corrected chi connectivity index (χ2v) is 10.1. The van der Waals surface area contributed by atoms with Gasteiger partial charge in [0, 0.05) is 18.7 Å². The lowest BCUT2D eigenvalue weighted by molar-refractivity contribution is 0.0464. The van der Waals surface area contributed by atoms with E-state index in [1.165, 1.54) is 35.6 Å². The predicted molar refractivity (Wildman–Crippen MR) is 113 cm³/mol. The molecule has 9 heteroatoms. The van der Waals surface area contributed by atoms with E-state index in [2.05, 4.69) is 5.16 Å². The average molecular weight is 447 g/mol. The van der Waals surface area contributed by atoms with Crippen molar-refractivity contribution in [3.05, 3.63) is 59.1 Å². The van der Waals surface area contributed by atoms with Gasteiger partial charge in [0.25, 0.3) is 0 Å². The summed E-state index contributed by atoms with van der Waals surface area (Å²) in [4.78, 5) is 13.5. The number of ether oxygens (including phenoxy) is 1. The highest BCUT2D eigenvalue weighted by Gasteiger charge is 2.31. The Morgan fingerprint density at radius 1 is 1.27 bits per heavy atom. The molecule has 0 radical (unpaired) electrons. The second-order valence-electron chi connectivity index (χ2n) is 7.22. The summed E-state index contributed by atoms with van der Waals surface area (Å²) in [6, 6.07) is 11.4. The molecule has 0 amide bonds. The summed E-state index contributed by atoms with van der Waals surface area (Å²) < 4.78 is 37.9. The van der Waals surface area contributed by atoms with Crippen LogP contribution in [0.15, 0.2) is 57.3 Å². The molecule has 0 N–H and O–H groups in total. The Morgan fingerprint density at radius 2 is 2.07 bits per heavy atom. The molecule has 1 atom stereocenters. The summed E-state index contributed by atoms with van der Waals surface area (Å²) in [6.45, 7) is 2.42. The van der Waals surface area contributed by atoms with Crippen molar-refractivity contribution in [1.29, 1.82) is 0 Å². The number of aromatic nitrogens is 1. The first kappa shape index (κ1) is 20.8. The number of hydrogen-bond acceptors (Lipinski definition) is 7. The summed E-state index contributed by atoms with van der Waals surface area (Å²) in [7, 11) is -3.57. The Kier molecular flexibility index (Phi) is 6.03. The van der Waals surface area contributed by atoms with Gasteiger partial charge in [0.05, 0.1) is 15.3 Å². The third-order valence-electron chi connectivity index (χ3n) is 5.11. The molecule has 30 heavy (non-hydrogen) atoms. The van der Waals surface area contributed by atoms with Gasteiger partial charge < -0.3 is 9.26 Å². The molecule has 3 heterocycles. The molecular formula is C21H22N2O5S2. The number of sulfonamides is 1. The molecule has 2 aromatic heterocycles. The predicted octanol–water partition coefficient (Wildman–Crippen LogP) is 4.32. The van der Waals surface area contributed by atoms with Crippen molar-refractivity contribution in [2.45, 2.75) is 43.7 Å². The number of hydrogen-bond donors (Lipinski definition) is 0. The van der Waals surface area contributed by atoms with Gasteiger partial charge in [0.2, 0.25) is 10.0 Å². The van der Waals surface area contributed by atoms with E-state index in [0.717, 1.165) is 24.1 Å². The van der Waals surface area contributed by atoms with Crippen LogP contribution in [-0.4, -0.2) is 36.4 Å². The molecule has 0 bridgehead atoms. The van der Waals surface area contributed by atoms with Crippen LogP contribution in [0.4, 0.5) is 0 Å². The van der Waals surface area contributed by atoms with E-state index in [0.29, 0.717) is 18.0 Å². The van der Waals surface area contributed by atoms with Crippen LogP contribution in [0.3, 0.4) is 0 Å². The molecular weight excluding hydrogens is 424 g/mol. The van der Waals surface area contributed by atoms with Gasteiger partial charge >= 0.3 is 5.97 Å². The number of nitrogens with zero attached hydrogens (tertiary/aromatic N) is 2. The van der Waals surface area contributed by atoms with Gasteiger partial charge in [-0.15, -0.1) is 11.3 Å². The third kappa shape index (κ3) is 4.33. The molecule has 1 aromatic carbocycles. The smallest absolute Gasteiger partial charge is 0.338 e. The number of thiophene rings is 1. The highest BCUT2D eigenvalue weighted by molar-refractivity contribution is 7.89. The van der Waals surface area contributed by atoms with Crippen LogP contribution in [-0.2, 0) is 21.4 Å². The van der Waals surface area contributed by atoms with Gasteiger partial charge in [-0.2, -0.15) is 4.31 Å². The van der Waals surface area contributed by atoms with E-state index in [-0.39, 0.29) is 23.1 Å². The normalized spacial score (nSPS) is 17.7. The van der Waals surface area contributed by atoms with Crippen molar-refractivity contribution in [2.75, 3.05) is 6.54 Å². The van der Waals surface area contributed by atoms with Crippen LogP contribution in [0.2, 0.25) is 0 Å². The number of piperidine rings is 1. The minimum atomic E-state index is -3.57. The molecule has 158 valence electrons. The number of benzene rings is 1. The van der Waals surface area contributed by atoms with E-state index < -0.39 is 16.0 Å². The molecule has 0 aliphatic carbocycles. The first-order valence-corrected chi connectivity index (χ1v) is 12.1. The van der Waals surface area contributed by atoms with Crippen LogP contribution in [0.5, 0.6) is 0 Å².